The molecule has 0 amide bonds. The van der Waals surface area contributed by atoms with Gasteiger partial charge in [-0.25, -0.2) is 8.42 Å². The number of H-pyrrole nitrogens is 1. The second-order valence-electron chi connectivity index (χ2n) is 8.58. The van der Waals surface area contributed by atoms with Crippen molar-refractivity contribution in [3.63, 3.8) is 0 Å². The van der Waals surface area contributed by atoms with Gasteiger partial charge in [0.15, 0.2) is 0 Å². The van der Waals surface area contributed by atoms with E-state index < -0.39 is 10.0 Å². The number of aliphatic hydroxyl groups excluding tert-OH is 1. The van der Waals surface area contributed by atoms with E-state index in [2.05, 4.69) is 35.8 Å². The summed E-state index contributed by atoms with van der Waals surface area (Å²) in [7, 11) is -3.33. The van der Waals surface area contributed by atoms with Crippen LogP contribution in [-0.4, -0.2) is 30.8 Å². The smallest absolute Gasteiger partial charge is 0.257 e. The second kappa shape index (κ2) is 8.47. The van der Waals surface area contributed by atoms with E-state index in [-0.39, 0.29) is 22.8 Å². The SMILES string of the molecule is CC(C)(C)C1C=C(/C=C/c2ccc(NS(C)(=O)=O)cc2)C(O)=C(c2ccc[nH]c2=O)N1. The van der Waals surface area contributed by atoms with Gasteiger partial charge < -0.3 is 15.4 Å². The molecule has 3 rings (SSSR count). The van der Waals surface area contributed by atoms with Crippen LogP contribution in [0.2, 0.25) is 0 Å². The maximum absolute atomic E-state index is 12.3. The fraction of sp³-hybridized carbons (Fsp3) is 0.261. The molecule has 1 aliphatic rings. The number of allylic oxidation sites excluding steroid dienone is 1. The minimum absolute atomic E-state index is 0.0104. The Morgan fingerprint density at radius 3 is 2.35 bits per heavy atom. The molecule has 4 N–H and O–H groups in total. The number of rotatable bonds is 5. The molecule has 1 aromatic carbocycles. The summed E-state index contributed by atoms with van der Waals surface area (Å²) in [6, 6.07) is 10.1. The highest BCUT2D eigenvalue weighted by atomic mass is 32.2. The highest BCUT2D eigenvalue weighted by molar-refractivity contribution is 7.92. The monoisotopic (exact) mass is 441 g/mol. The summed E-state index contributed by atoms with van der Waals surface area (Å²) in [5, 5.41) is 14.2. The van der Waals surface area contributed by atoms with E-state index in [1.54, 1.807) is 48.7 Å². The predicted octanol–water partition coefficient (Wildman–Crippen LogP) is 3.63. The first-order chi connectivity index (χ1) is 14.4. The number of nitrogens with one attached hydrogen (secondary N) is 3. The van der Waals surface area contributed by atoms with Crippen molar-refractivity contribution in [2.45, 2.75) is 26.8 Å². The zero-order valence-corrected chi connectivity index (χ0v) is 18.7. The lowest BCUT2D eigenvalue weighted by Crippen LogP contribution is -2.41. The predicted molar refractivity (Wildman–Crippen MR) is 125 cm³/mol. The van der Waals surface area contributed by atoms with Gasteiger partial charge in [-0.3, -0.25) is 9.52 Å². The van der Waals surface area contributed by atoms with Crippen LogP contribution >= 0.6 is 0 Å². The van der Waals surface area contributed by atoms with Gasteiger partial charge in [-0.15, -0.1) is 0 Å². The lowest BCUT2D eigenvalue weighted by molar-refractivity contribution is 0.327. The topological polar surface area (TPSA) is 111 Å². The van der Waals surface area contributed by atoms with Gasteiger partial charge in [0.2, 0.25) is 10.0 Å². The number of hydrogen-bond donors (Lipinski definition) is 4. The van der Waals surface area contributed by atoms with Crippen molar-refractivity contribution in [2.75, 3.05) is 11.0 Å². The maximum atomic E-state index is 12.3. The lowest BCUT2D eigenvalue weighted by atomic mass is 9.83. The standard InChI is InChI=1S/C23H27N3O4S/c1-23(2,3)19-14-16(21(27)20(25-19)18-6-5-13-24-22(18)28)10-7-15-8-11-17(12-9-15)26-31(4,29)30/h5-14,19,25-27H,1-4H3,(H,24,28)/b10-7+. The van der Waals surface area contributed by atoms with Crippen LogP contribution in [0, 0.1) is 5.41 Å². The number of aromatic nitrogens is 1. The van der Waals surface area contributed by atoms with Crippen LogP contribution in [-0.2, 0) is 10.0 Å². The molecule has 1 aliphatic heterocycles. The van der Waals surface area contributed by atoms with Crippen molar-refractivity contribution in [3.8, 4) is 0 Å². The molecule has 2 aromatic rings. The number of aliphatic hydroxyl groups is 1. The summed E-state index contributed by atoms with van der Waals surface area (Å²) in [4.78, 5) is 14.9. The Kier molecular flexibility index (Phi) is 6.13. The van der Waals surface area contributed by atoms with Gasteiger partial charge in [-0.05, 0) is 35.2 Å². The lowest BCUT2D eigenvalue weighted by Gasteiger charge is -2.34. The molecule has 0 radical (unpaired) electrons. The molecular weight excluding hydrogens is 414 g/mol. The normalized spacial score (nSPS) is 17.4. The molecule has 0 saturated carbocycles. The summed E-state index contributed by atoms with van der Waals surface area (Å²) >= 11 is 0. The third-order valence-electron chi connectivity index (χ3n) is 4.85. The molecule has 7 nitrogen and oxygen atoms in total. The van der Waals surface area contributed by atoms with Gasteiger partial charge in [-0.1, -0.05) is 51.1 Å². The number of benzene rings is 1. The van der Waals surface area contributed by atoms with Crippen molar-refractivity contribution in [3.05, 3.63) is 87.6 Å². The quantitative estimate of drug-likeness (QED) is 0.566. The molecule has 164 valence electrons. The van der Waals surface area contributed by atoms with Crippen LogP contribution in [0.3, 0.4) is 0 Å². The summed E-state index contributed by atoms with van der Waals surface area (Å²) in [5.41, 5.74) is 2.20. The van der Waals surface area contributed by atoms with Crippen LogP contribution in [0.4, 0.5) is 5.69 Å². The van der Waals surface area contributed by atoms with Crippen LogP contribution in [0.1, 0.15) is 31.9 Å². The molecule has 0 bridgehead atoms. The second-order valence-corrected chi connectivity index (χ2v) is 10.3. The van der Waals surface area contributed by atoms with E-state index in [9.17, 15) is 18.3 Å². The first kappa shape index (κ1) is 22.4. The number of aromatic amines is 1. The fourth-order valence-corrected chi connectivity index (χ4v) is 3.72. The van der Waals surface area contributed by atoms with Gasteiger partial charge in [0.05, 0.1) is 23.6 Å². The Bertz CT molecular complexity index is 1210. The minimum Gasteiger partial charge on any atom is -0.505 e. The summed E-state index contributed by atoms with van der Waals surface area (Å²) < 4.78 is 25.1. The first-order valence-corrected chi connectivity index (χ1v) is 11.7. The molecule has 2 heterocycles. The number of dihydropyridines is 1. The van der Waals surface area contributed by atoms with Crippen LogP contribution in [0.5, 0.6) is 0 Å². The van der Waals surface area contributed by atoms with Gasteiger partial charge in [0.1, 0.15) is 5.76 Å². The number of hydrogen-bond acceptors (Lipinski definition) is 5. The zero-order valence-electron chi connectivity index (χ0n) is 17.9. The summed E-state index contributed by atoms with van der Waals surface area (Å²) in [5.74, 6) is -0.0104. The Morgan fingerprint density at radius 2 is 1.77 bits per heavy atom. The van der Waals surface area contributed by atoms with E-state index in [1.165, 1.54) is 0 Å². The van der Waals surface area contributed by atoms with Crippen molar-refractivity contribution in [1.29, 1.82) is 0 Å². The number of anilines is 1. The fourth-order valence-electron chi connectivity index (χ4n) is 3.16. The van der Waals surface area contributed by atoms with E-state index >= 15 is 0 Å². The molecule has 1 aromatic heterocycles. The Hall–Kier alpha value is -3.26. The average Bonchev–Trinajstić information content (AvgIpc) is 2.67. The molecular formula is C23H27N3O4S. The summed E-state index contributed by atoms with van der Waals surface area (Å²) in [6.45, 7) is 6.22. The van der Waals surface area contributed by atoms with Gasteiger partial charge in [0, 0.05) is 17.5 Å². The number of sulfonamides is 1. The first-order valence-electron chi connectivity index (χ1n) is 9.80. The van der Waals surface area contributed by atoms with E-state index in [1.807, 2.05) is 12.2 Å². The molecule has 1 unspecified atom stereocenters. The Balaban J connectivity index is 1.96. The maximum Gasteiger partial charge on any atom is 0.257 e. The molecule has 1 atom stereocenters. The van der Waals surface area contributed by atoms with Crippen LogP contribution in [0.15, 0.2) is 70.9 Å². The van der Waals surface area contributed by atoms with Crippen LogP contribution in [0.25, 0.3) is 11.8 Å². The van der Waals surface area contributed by atoms with Gasteiger partial charge >= 0.3 is 0 Å². The van der Waals surface area contributed by atoms with Crippen molar-refractivity contribution < 1.29 is 13.5 Å². The van der Waals surface area contributed by atoms with E-state index in [4.69, 9.17) is 0 Å². The molecule has 0 saturated heterocycles. The molecule has 0 spiro atoms. The van der Waals surface area contributed by atoms with Gasteiger partial charge in [-0.2, -0.15) is 0 Å². The van der Waals surface area contributed by atoms with Crippen molar-refractivity contribution in [1.82, 2.24) is 10.3 Å². The average molecular weight is 442 g/mol. The molecule has 8 heteroatoms. The summed E-state index contributed by atoms with van der Waals surface area (Å²) in [6.07, 6.45) is 8.19. The third-order valence-corrected chi connectivity index (χ3v) is 5.45. The van der Waals surface area contributed by atoms with E-state index in [0.717, 1.165) is 11.8 Å². The molecule has 31 heavy (non-hydrogen) atoms. The molecule has 0 fully saturated rings. The highest BCUT2D eigenvalue weighted by Crippen LogP contribution is 2.31. The highest BCUT2D eigenvalue weighted by Gasteiger charge is 2.30. The third kappa shape index (κ3) is 5.67. The zero-order chi connectivity index (χ0) is 22.8. The van der Waals surface area contributed by atoms with Crippen molar-refractivity contribution >= 4 is 27.5 Å². The molecule has 0 aliphatic carbocycles. The van der Waals surface area contributed by atoms with Gasteiger partial charge in [0.25, 0.3) is 5.56 Å². The van der Waals surface area contributed by atoms with Crippen molar-refractivity contribution in [2.24, 2.45) is 5.41 Å². The van der Waals surface area contributed by atoms with Crippen LogP contribution < -0.4 is 15.6 Å². The van der Waals surface area contributed by atoms with E-state index in [0.29, 0.717) is 22.5 Å². The Morgan fingerprint density at radius 1 is 1.10 bits per heavy atom. The number of pyridine rings is 1. The largest absolute Gasteiger partial charge is 0.505 e. The minimum atomic E-state index is -3.33. The Labute approximate surface area is 182 Å².